The topological polar surface area (TPSA) is 113 Å². The molecule has 0 aromatic heterocycles. The van der Waals surface area contributed by atoms with Crippen LogP contribution in [0.1, 0.15) is 37.4 Å². The van der Waals surface area contributed by atoms with Crippen LogP contribution in [0.4, 0.5) is 0 Å². The zero-order valence-electron chi connectivity index (χ0n) is 15.4. The predicted octanol–water partition coefficient (Wildman–Crippen LogP) is 6.20. The molecule has 0 amide bonds. The van der Waals surface area contributed by atoms with Gasteiger partial charge in [0.15, 0.2) is 5.60 Å². The van der Waals surface area contributed by atoms with Crippen molar-refractivity contribution >= 4 is 67.0 Å². The first-order valence-electron chi connectivity index (χ1n) is 8.79. The second-order valence-electron chi connectivity index (χ2n) is 7.05. The minimum Gasteiger partial charge on any atom is -0.507 e. The molecule has 0 radical (unpaired) electrons. The number of hydrogen-bond acceptors (Lipinski definition) is 6. The molecule has 32 heavy (non-hydrogen) atoms. The fraction of sp³-hybridized carbons (Fsp3) is 0.0476. The molecule has 162 valence electrons. The van der Waals surface area contributed by atoms with Crippen LogP contribution in [0.5, 0.6) is 23.0 Å². The summed E-state index contributed by atoms with van der Waals surface area (Å²) in [5, 5.41) is 29.5. The third-order valence-electron chi connectivity index (χ3n) is 5.32. The van der Waals surface area contributed by atoms with Crippen LogP contribution < -0.4 is 4.74 Å². The van der Waals surface area contributed by atoms with Gasteiger partial charge in [-0.3, -0.25) is 0 Å². The smallest absolute Gasteiger partial charge is 0.341 e. The van der Waals surface area contributed by atoms with Gasteiger partial charge in [0.25, 0.3) is 0 Å². The van der Waals surface area contributed by atoms with Gasteiger partial charge in [0.05, 0.1) is 30.1 Å². The number of carboxylic acids is 1. The lowest BCUT2D eigenvalue weighted by Crippen LogP contribution is -2.33. The van der Waals surface area contributed by atoms with Crippen molar-refractivity contribution in [3.8, 4) is 23.0 Å². The number of carbonyl (C=O) groups excluding carboxylic acids is 1. The van der Waals surface area contributed by atoms with Crippen molar-refractivity contribution in [2.75, 3.05) is 0 Å². The standard InChI is InChI=1S/C21H8Br2Cl2O7/c22-9-2-7-14(4-12(9)26)31-15-5-13(27)10(23)3-8(15)21(7)17-11(24)1-6(19(28)29)18(25)16(17)20(30)32-21/h1-5,26-27H,(H,28,29). The molecule has 5 rings (SSSR count). The summed E-state index contributed by atoms with van der Waals surface area (Å²) in [6.07, 6.45) is 0. The molecule has 0 bridgehead atoms. The molecule has 3 N–H and O–H groups in total. The summed E-state index contributed by atoms with van der Waals surface area (Å²) >= 11 is 19.4. The van der Waals surface area contributed by atoms with E-state index in [1.807, 2.05) is 0 Å². The summed E-state index contributed by atoms with van der Waals surface area (Å²) in [7, 11) is 0. The largest absolute Gasteiger partial charge is 0.507 e. The second kappa shape index (κ2) is 7.02. The number of halogens is 4. The van der Waals surface area contributed by atoms with Gasteiger partial charge in [0.2, 0.25) is 0 Å². The Morgan fingerprint density at radius 1 is 0.938 bits per heavy atom. The molecule has 3 aromatic rings. The minimum absolute atomic E-state index is 0.0696. The van der Waals surface area contributed by atoms with E-state index >= 15 is 0 Å². The monoisotopic (exact) mass is 600 g/mol. The SMILES string of the molecule is O=C(O)c1cc(Cl)c2c(c1Cl)C(=O)OC21c2cc(Br)c(O)cc2Oc2cc(O)c(Br)cc21. The van der Waals surface area contributed by atoms with Gasteiger partial charge in [-0.15, -0.1) is 0 Å². The van der Waals surface area contributed by atoms with Gasteiger partial charge in [0, 0.05) is 28.8 Å². The van der Waals surface area contributed by atoms with Crippen LogP contribution in [0.2, 0.25) is 10.0 Å². The van der Waals surface area contributed by atoms with Crippen molar-refractivity contribution in [3.63, 3.8) is 0 Å². The summed E-state index contributed by atoms with van der Waals surface area (Å²) in [5.41, 5.74) is -1.50. The van der Waals surface area contributed by atoms with Crippen LogP contribution in [0.15, 0.2) is 39.3 Å². The Hall–Kier alpha value is -2.46. The summed E-state index contributed by atoms with van der Waals surface area (Å²) < 4.78 is 12.4. The van der Waals surface area contributed by atoms with Gasteiger partial charge in [0.1, 0.15) is 23.0 Å². The van der Waals surface area contributed by atoms with Gasteiger partial charge in [-0.25, -0.2) is 9.59 Å². The number of esters is 1. The number of phenols is 2. The van der Waals surface area contributed by atoms with E-state index in [4.69, 9.17) is 32.7 Å². The summed E-state index contributed by atoms with van der Waals surface area (Å²) in [5.74, 6) is -2.26. The van der Waals surface area contributed by atoms with Crippen LogP contribution in [-0.4, -0.2) is 27.3 Å². The molecule has 0 fully saturated rings. The van der Waals surface area contributed by atoms with Crippen LogP contribution >= 0.6 is 55.1 Å². The highest BCUT2D eigenvalue weighted by molar-refractivity contribution is 9.10. The molecule has 2 aliphatic rings. The van der Waals surface area contributed by atoms with Crippen molar-refractivity contribution in [2.24, 2.45) is 0 Å². The maximum absolute atomic E-state index is 13.1. The van der Waals surface area contributed by atoms with E-state index in [0.717, 1.165) is 6.07 Å². The van der Waals surface area contributed by atoms with E-state index < -0.39 is 17.5 Å². The molecule has 1 spiro atoms. The maximum Gasteiger partial charge on any atom is 0.341 e. The third kappa shape index (κ3) is 2.71. The first-order valence-corrected chi connectivity index (χ1v) is 11.1. The lowest BCUT2D eigenvalue weighted by molar-refractivity contribution is 0.0224. The quantitative estimate of drug-likeness (QED) is 0.284. The number of ether oxygens (including phenoxy) is 2. The van der Waals surface area contributed by atoms with Crippen molar-refractivity contribution in [3.05, 3.63) is 77.1 Å². The van der Waals surface area contributed by atoms with Crippen LogP contribution in [0.3, 0.4) is 0 Å². The molecule has 2 heterocycles. The number of hydrogen-bond donors (Lipinski definition) is 3. The summed E-state index contributed by atoms with van der Waals surface area (Å²) in [6.45, 7) is 0. The van der Waals surface area contributed by atoms with Crippen molar-refractivity contribution in [1.82, 2.24) is 0 Å². The summed E-state index contributed by atoms with van der Waals surface area (Å²) in [6, 6.07) is 6.79. The van der Waals surface area contributed by atoms with Gasteiger partial charge in [-0.1, -0.05) is 23.2 Å². The zero-order valence-corrected chi connectivity index (χ0v) is 20.1. The van der Waals surface area contributed by atoms with Crippen molar-refractivity contribution in [2.45, 2.75) is 5.60 Å². The van der Waals surface area contributed by atoms with Crippen LogP contribution in [0, 0.1) is 0 Å². The Morgan fingerprint density at radius 2 is 1.47 bits per heavy atom. The fourth-order valence-electron chi connectivity index (χ4n) is 4.01. The van der Waals surface area contributed by atoms with E-state index in [1.54, 1.807) is 0 Å². The van der Waals surface area contributed by atoms with Gasteiger partial charge >= 0.3 is 11.9 Å². The molecule has 0 atom stereocenters. The highest BCUT2D eigenvalue weighted by Crippen LogP contribution is 2.60. The Labute approximate surface area is 206 Å². The van der Waals surface area contributed by atoms with Crippen molar-refractivity contribution in [1.29, 1.82) is 0 Å². The molecule has 0 saturated heterocycles. The highest BCUT2D eigenvalue weighted by Gasteiger charge is 2.56. The van der Waals surface area contributed by atoms with E-state index in [0.29, 0.717) is 11.1 Å². The number of carboxylic acid groups (broad SMARTS) is 1. The molecule has 3 aromatic carbocycles. The zero-order chi connectivity index (χ0) is 23.1. The first-order chi connectivity index (χ1) is 15.1. The number of benzene rings is 3. The Morgan fingerprint density at radius 3 is 1.97 bits per heavy atom. The molecule has 2 aliphatic heterocycles. The van der Waals surface area contributed by atoms with Gasteiger partial charge in [-0.05, 0) is 50.1 Å². The molecular weight excluding hydrogens is 595 g/mol. The Kier molecular flexibility index (Phi) is 4.69. The molecule has 0 unspecified atom stereocenters. The van der Waals surface area contributed by atoms with E-state index in [-0.39, 0.29) is 58.7 Å². The number of aromatic carboxylic acids is 1. The highest BCUT2D eigenvalue weighted by atomic mass is 79.9. The van der Waals surface area contributed by atoms with Crippen LogP contribution in [-0.2, 0) is 10.3 Å². The minimum atomic E-state index is -1.69. The molecular formula is C21H8Br2Cl2O7. The molecule has 0 saturated carbocycles. The lowest BCUT2D eigenvalue weighted by atomic mass is 9.77. The number of phenolic OH excluding ortho intramolecular Hbond substituents is 2. The van der Waals surface area contributed by atoms with E-state index in [1.165, 1.54) is 24.3 Å². The Bertz CT molecular complexity index is 1350. The number of fused-ring (bicyclic) bond motifs is 6. The molecule has 0 aliphatic carbocycles. The average Bonchev–Trinajstić information content (AvgIpc) is 3.03. The first kappa shape index (κ1) is 21.4. The maximum atomic E-state index is 13.1. The second-order valence-corrected chi connectivity index (χ2v) is 9.54. The van der Waals surface area contributed by atoms with E-state index in [2.05, 4.69) is 31.9 Å². The third-order valence-corrected chi connectivity index (χ3v) is 7.29. The number of carbonyl (C=O) groups is 2. The number of aromatic hydroxyl groups is 2. The van der Waals surface area contributed by atoms with Crippen molar-refractivity contribution < 1.29 is 34.4 Å². The van der Waals surface area contributed by atoms with Gasteiger partial charge in [-0.2, -0.15) is 0 Å². The number of rotatable bonds is 1. The predicted molar refractivity (Wildman–Crippen MR) is 120 cm³/mol. The summed E-state index contributed by atoms with van der Waals surface area (Å²) in [4.78, 5) is 24.7. The average molecular weight is 603 g/mol. The Balaban J connectivity index is 1.97. The van der Waals surface area contributed by atoms with Gasteiger partial charge < -0.3 is 24.8 Å². The fourth-order valence-corrected chi connectivity index (χ4v) is 5.34. The van der Waals surface area contributed by atoms with E-state index in [9.17, 15) is 24.9 Å². The normalized spacial score (nSPS) is 14.9. The van der Waals surface area contributed by atoms with Crippen LogP contribution in [0.25, 0.3) is 0 Å². The lowest BCUT2D eigenvalue weighted by Gasteiger charge is -2.37. The molecule has 7 nitrogen and oxygen atoms in total. The molecule has 11 heteroatoms.